The maximum atomic E-state index is 13.2. The maximum absolute atomic E-state index is 13.2. The van der Waals surface area contributed by atoms with Gasteiger partial charge >= 0.3 is 12.1 Å². The smallest absolute Gasteiger partial charge is 0.416 e. The SMILES string of the molecule is Cc1cc(SCC[C@H](C)Oc2ccc(C(F)(F)F)cc2Oc2ccccc2)ccc1OCC(=O)O. The van der Waals surface area contributed by atoms with Crippen LogP contribution >= 0.6 is 11.8 Å². The van der Waals surface area contributed by atoms with Gasteiger partial charge in [0.05, 0.1) is 11.7 Å². The molecule has 0 saturated heterocycles. The lowest BCUT2D eigenvalue weighted by Crippen LogP contribution is -2.14. The third-order valence-electron chi connectivity index (χ3n) is 4.86. The molecular formula is C26H25F3O5S. The van der Waals surface area contributed by atoms with Crippen molar-refractivity contribution in [2.24, 2.45) is 0 Å². The van der Waals surface area contributed by atoms with Crippen molar-refractivity contribution in [3.8, 4) is 23.0 Å². The van der Waals surface area contributed by atoms with Crippen LogP contribution in [0.4, 0.5) is 13.2 Å². The molecule has 0 spiro atoms. The van der Waals surface area contributed by atoms with Crippen LogP contribution in [0.25, 0.3) is 0 Å². The van der Waals surface area contributed by atoms with Crippen molar-refractivity contribution in [2.75, 3.05) is 12.4 Å². The number of halogens is 3. The summed E-state index contributed by atoms with van der Waals surface area (Å²) >= 11 is 1.59. The molecule has 0 aromatic heterocycles. The number of alkyl halides is 3. The van der Waals surface area contributed by atoms with Crippen molar-refractivity contribution in [1.29, 1.82) is 0 Å². The number of thioether (sulfide) groups is 1. The van der Waals surface area contributed by atoms with Gasteiger partial charge in [0.25, 0.3) is 0 Å². The van der Waals surface area contributed by atoms with E-state index in [1.54, 1.807) is 48.2 Å². The Labute approximate surface area is 205 Å². The summed E-state index contributed by atoms with van der Waals surface area (Å²) in [4.78, 5) is 11.6. The molecule has 186 valence electrons. The van der Waals surface area contributed by atoms with Gasteiger partial charge in [-0.15, -0.1) is 11.8 Å². The number of para-hydroxylation sites is 1. The van der Waals surface area contributed by atoms with E-state index in [0.717, 1.165) is 22.6 Å². The van der Waals surface area contributed by atoms with Gasteiger partial charge in [-0.25, -0.2) is 4.79 Å². The molecule has 3 rings (SSSR count). The second-order valence-corrected chi connectivity index (χ2v) is 8.92. The average molecular weight is 507 g/mol. The fourth-order valence-electron chi connectivity index (χ4n) is 3.11. The number of benzene rings is 3. The summed E-state index contributed by atoms with van der Waals surface area (Å²) in [5, 5.41) is 8.74. The third kappa shape index (κ3) is 8.13. The Morgan fingerprint density at radius 2 is 1.71 bits per heavy atom. The predicted molar refractivity (Wildman–Crippen MR) is 128 cm³/mol. The zero-order chi connectivity index (χ0) is 25.4. The molecule has 1 atom stereocenters. The van der Waals surface area contributed by atoms with E-state index in [9.17, 15) is 18.0 Å². The van der Waals surface area contributed by atoms with Gasteiger partial charge in [-0.2, -0.15) is 13.2 Å². The van der Waals surface area contributed by atoms with Crippen molar-refractivity contribution in [1.82, 2.24) is 0 Å². The minimum atomic E-state index is -4.50. The first-order chi connectivity index (χ1) is 16.6. The summed E-state index contributed by atoms with van der Waals surface area (Å²) in [5.74, 6) is 0.814. The molecule has 9 heteroatoms. The van der Waals surface area contributed by atoms with Crippen LogP contribution in [-0.4, -0.2) is 29.5 Å². The van der Waals surface area contributed by atoms with E-state index >= 15 is 0 Å². The van der Waals surface area contributed by atoms with Gasteiger partial charge in [-0.3, -0.25) is 0 Å². The van der Waals surface area contributed by atoms with Crippen LogP contribution in [0.15, 0.2) is 71.6 Å². The molecule has 0 fully saturated rings. The minimum absolute atomic E-state index is 0.00176. The van der Waals surface area contributed by atoms with Crippen LogP contribution in [0.5, 0.6) is 23.0 Å². The molecule has 1 N–H and O–H groups in total. The van der Waals surface area contributed by atoms with Crippen LogP contribution < -0.4 is 14.2 Å². The van der Waals surface area contributed by atoms with Crippen molar-refractivity contribution >= 4 is 17.7 Å². The highest BCUT2D eigenvalue weighted by atomic mass is 32.2. The Hall–Kier alpha value is -3.33. The number of carboxylic acid groups (broad SMARTS) is 1. The summed E-state index contributed by atoms with van der Waals surface area (Å²) in [7, 11) is 0. The highest BCUT2D eigenvalue weighted by Gasteiger charge is 2.31. The third-order valence-corrected chi connectivity index (χ3v) is 5.89. The van der Waals surface area contributed by atoms with E-state index in [0.29, 0.717) is 23.7 Å². The van der Waals surface area contributed by atoms with Gasteiger partial charge in [0.15, 0.2) is 18.1 Å². The Kier molecular flexibility index (Phi) is 8.92. The quantitative estimate of drug-likeness (QED) is 0.277. The van der Waals surface area contributed by atoms with E-state index in [2.05, 4.69) is 0 Å². The van der Waals surface area contributed by atoms with Gasteiger partial charge in [0.1, 0.15) is 11.5 Å². The second-order valence-electron chi connectivity index (χ2n) is 7.75. The molecular weight excluding hydrogens is 481 g/mol. The molecule has 0 aliphatic carbocycles. The lowest BCUT2D eigenvalue weighted by molar-refractivity contribution is -0.139. The lowest BCUT2D eigenvalue weighted by atomic mass is 10.2. The predicted octanol–water partition coefficient (Wildman–Crippen LogP) is 7.22. The number of carbonyl (C=O) groups is 1. The molecule has 0 saturated carbocycles. The Balaban J connectivity index is 1.61. The molecule has 0 aliphatic rings. The number of hydrogen-bond donors (Lipinski definition) is 1. The Morgan fingerprint density at radius 1 is 1.00 bits per heavy atom. The monoisotopic (exact) mass is 506 g/mol. The molecule has 0 radical (unpaired) electrons. The molecule has 5 nitrogen and oxygen atoms in total. The molecule has 0 aliphatic heterocycles. The fraction of sp³-hybridized carbons (Fsp3) is 0.269. The van der Waals surface area contributed by atoms with E-state index in [-0.39, 0.29) is 17.6 Å². The van der Waals surface area contributed by atoms with E-state index in [1.807, 2.05) is 26.0 Å². The molecule has 3 aromatic rings. The Bertz CT molecular complexity index is 1140. The second kappa shape index (κ2) is 11.9. The van der Waals surface area contributed by atoms with E-state index in [4.69, 9.17) is 19.3 Å². The highest BCUT2D eigenvalue weighted by Crippen LogP contribution is 2.39. The first-order valence-electron chi connectivity index (χ1n) is 10.8. The minimum Gasteiger partial charge on any atom is -0.487 e. The van der Waals surface area contributed by atoms with Gasteiger partial charge in [0, 0.05) is 10.6 Å². The molecule has 3 aromatic carbocycles. The lowest BCUT2D eigenvalue weighted by Gasteiger charge is -2.19. The van der Waals surface area contributed by atoms with Gasteiger partial charge < -0.3 is 19.3 Å². The van der Waals surface area contributed by atoms with Gasteiger partial charge in [0.2, 0.25) is 0 Å². The zero-order valence-corrected chi connectivity index (χ0v) is 20.0. The highest BCUT2D eigenvalue weighted by molar-refractivity contribution is 7.99. The summed E-state index contributed by atoms with van der Waals surface area (Å²) < 4.78 is 56.6. The zero-order valence-electron chi connectivity index (χ0n) is 19.2. The summed E-state index contributed by atoms with van der Waals surface area (Å²) in [6.07, 6.45) is -4.15. The summed E-state index contributed by atoms with van der Waals surface area (Å²) in [5.41, 5.74) is 0.0122. The summed E-state index contributed by atoms with van der Waals surface area (Å²) in [6.45, 7) is 3.28. The molecule has 35 heavy (non-hydrogen) atoms. The normalized spacial score (nSPS) is 12.1. The number of ether oxygens (including phenoxy) is 3. The van der Waals surface area contributed by atoms with Crippen molar-refractivity contribution in [2.45, 2.75) is 37.4 Å². The first-order valence-corrected chi connectivity index (χ1v) is 11.8. The largest absolute Gasteiger partial charge is 0.487 e. The van der Waals surface area contributed by atoms with E-state index in [1.165, 1.54) is 6.07 Å². The molecule has 0 heterocycles. The first kappa shape index (κ1) is 26.3. The standard InChI is InChI=1S/C26H25F3O5S/c1-17-14-21(9-11-22(17)32-16-25(30)31)35-13-12-18(2)33-23-10-8-19(26(27,28)29)15-24(23)34-20-6-4-3-5-7-20/h3-11,14-15,18H,12-13,16H2,1-2H3,(H,30,31)/t18-/m0/s1. The molecule has 0 unspecified atom stereocenters. The van der Waals surface area contributed by atoms with Crippen molar-refractivity contribution in [3.63, 3.8) is 0 Å². The van der Waals surface area contributed by atoms with E-state index < -0.39 is 24.3 Å². The molecule has 0 amide bonds. The number of aryl methyl sites for hydroxylation is 1. The van der Waals surface area contributed by atoms with Crippen molar-refractivity contribution < 1.29 is 37.3 Å². The summed E-state index contributed by atoms with van der Waals surface area (Å²) in [6, 6.07) is 17.3. The average Bonchev–Trinajstić information content (AvgIpc) is 2.79. The topological polar surface area (TPSA) is 65.0 Å². The number of carboxylic acids is 1. The maximum Gasteiger partial charge on any atom is 0.416 e. The van der Waals surface area contributed by atoms with Crippen molar-refractivity contribution in [3.05, 3.63) is 77.9 Å². The number of rotatable bonds is 11. The fourth-order valence-corrected chi connectivity index (χ4v) is 4.22. The van der Waals surface area contributed by atoms with Crippen LogP contribution in [0, 0.1) is 6.92 Å². The van der Waals surface area contributed by atoms with Crippen LogP contribution in [0.2, 0.25) is 0 Å². The number of hydrogen-bond acceptors (Lipinski definition) is 5. The van der Waals surface area contributed by atoms with Crippen LogP contribution in [0.3, 0.4) is 0 Å². The number of aliphatic carboxylic acids is 1. The van der Waals surface area contributed by atoms with Crippen LogP contribution in [-0.2, 0) is 11.0 Å². The Morgan fingerprint density at radius 3 is 2.37 bits per heavy atom. The van der Waals surface area contributed by atoms with Gasteiger partial charge in [-0.1, -0.05) is 18.2 Å². The molecule has 0 bridgehead atoms. The van der Waals surface area contributed by atoms with Crippen LogP contribution in [0.1, 0.15) is 24.5 Å². The van der Waals surface area contributed by atoms with Gasteiger partial charge in [-0.05, 0) is 74.4 Å².